The minimum absolute atomic E-state index is 0.00602. The van der Waals surface area contributed by atoms with Gasteiger partial charge in [-0.1, -0.05) is 11.8 Å². The number of hydrogen-bond donors (Lipinski definition) is 0. The molecule has 1 aliphatic heterocycles. The maximum atomic E-state index is 11.8. The van der Waals surface area contributed by atoms with Gasteiger partial charge in [0.25, 0.3) is 0 Å². The highest BCUT2D eigenvalue weighted by Gasteiger charge is 2.52. The van der Waals surface area contributed by atoms with Gasteiger partial charge < -0.3 is 37.9 Å². The summed E-state index contributed by atoms with van der Waals surface area (Å²) in [6.07, 6.45) is -6.16. The van der Waals surface area contributed by atoms with Crippen molar-refractivity contribution < 1.29 is 61.9 Å². The van der Waals surface area contributed by atoms with Crippen LogP contribution in [0, 0.1) is 0 Å². The monoisotopic (exact) mass is 538 g/mol. The molecule has 14 heteroatoms. The smallest absolute Gasteiger partial charge is 0.303 e. The fraction of sp³-hybridized carbons (Fsp3) is 0.773. The zero-order valence-electron chi connectivity index (χ0n) is 21.1. The van der Waals surface area contributed by atoms with Gasteiger partial charge in [0.15, 0.2) is 29.7 Å². The van der Waals surface area contributed by atoms with Gasteiger partial charge >= 0.3 is 23.9 Å². The molecule has 13 nitrogen and oxygen atoms in total. The quantitative estimate of drug-likeness (QED) is 0.160. The molecule has 1 fully saturated rings. The van der Waals surface area contributed by atoms with Gasteiger partial charge in [0.2, 0.25) is 0 Å². The van der Waals surface area contributed by atoms with E-state index in [-0.39, 0.29) is 31.5 Å². The fourth-order valence-corrected chi connectivity index (χ4v) is 3.60. The van der Waals surface area contributed by atoms with Crippen LogP contribution in [0.2, 0.25) is 0 Å². The molecule has 0 aliphatic carbocycles. The summed E-state index contributed by atoms with van der Waals surface area (Å²) in [5, 5.41) is 0.0224. The van der Waals surface area contributed by atoms with Crippen LogP contribution in [0.4, 0.5) is 0 Å². The Hall–Kier alpha value is -2.26. The van der Waals surface area contributed by atoms with E-state index in [4.69, 9.17) is 37.9 Å². The van der Waals surface area contributed by atoms with Gasteiger partial charge in [0.1, 0.15) is 12.7 Å². The number of ether oxygens (including phenoxy) is 8. The third-order valence-electron chi connectivity index (χ3n) is 4.36. The lowest BCUT2D eigenvalue weighted by molar-refractivity contribution is -0.309. The first kappa shape index (κ1) is 31.8. The summed E-state index contributed by atoms with van der Waals surface area (Å²) < 4.78 is 43.2. The predicted octanol–water partition coefficient (Wildman–Crippen LogP) is 0.399. The fourth-order valence-electron chi connectivity index (χ4n) is 3.11. The first-order valence-corrected chi connectivity index (χ1v) is 12.2. The molecule has 0 amide bonds. The van der Waals surface area contributed by atoms with Crippen molar-refractivity contribution in [2.24, 2.45) is 0 Å². The Labute approximate surface area is 213 Å². The Morgan fingerprint density at radius 1 is 0.667 bits per heavy atom. The van der Waals surface area contributed by atoms with Crippen molar-refractivity contribution in [1.29, 1.82) is 0 Å². The Kier molecular flexibility index (Phi) is 15.2. The van der Waals surface area contributed by atoms with E-state index in [9.17, 15) is 24.0 Å². The number of carbonyl (C=O) groups excluding carboxylic acids is 5. The Morgan fingerprint density at radius 3 is 1.75 bits per heavy atom. The van der Waals surface area contributed by atoms with Crippen molar-refractivity contribution in [3.8, 4) is 0 Å². The molecule has 1 aliphatic rings. The van der Waals surface area contributed by atoms with E-state index in [1.807, 2.05) is 0 Å². The van der Waals surface area contributed by atoms with Gasteiger partial charge in [-0.2, -0.15) is 0 Å². The standard InChI is InChI=1S/C22H34O13S/c1-13(23)31-12-18-19(32-14(2)24)20(33-15(3)25)21(34-16(4)26)22(35-18)30-9-8-28-6-7-29-10-11-36-17(5)27/h18-22H,6-12H2,1-5H3. The highest BCUT2D eigenvalue weighted by Crippen LogP contribution is 2.29. The topological polar surface area (TPSA) is 159 Å². The second kappa shape index (κ2) is 17.2. The summed E-state index contributed by atoms with van der Waals surface area (Å²) in [7, 11) is 0. The summed E-state index contributed by atoms with van der Waals surface area (Å²) in [5.74, 6) is -2.22. The van der Waals surface area contributed by atoms with Crippen LogP contribution in [0.5, 0.6) is 0 Å². The molecule has 5 unspecified atom stereocenters. The SMILES string of the molecule is CC(=O)OCC1OC(OCCOCCOCCSC(C)=O)C(OC(C)=O)C(OC(C)=O)C1OC(C)=O. The highest BCUT2D eigenvalue weighted by molar-refractivity contribution is 8.13. The van der Waals surface area contributed by atoms with E-state index >= 15 is 0 Å². The van der Waals surface area contributed by atoms with Crippen LogP contribution in [0.3, 0.4) is 0 Å². The normalized spacial score (nSPS) is 23.4. The maximum Gasteiger partial charge on any atom is 0.303 e. The molecular weight excluding hydrogens is 504 g/mol. The molecule has 206 valence electrons. The summed E-state index contributed by atoms with van der Waals surface area (Å²) in [4.78, 5) is 57.5. The average molecular weight is 539 g/mol. The number of hydrogen-bond acceptors (Lipinski definition) is 14. The molecule has 0 aromatic heterocycles. The van der Waals surface area contributed by atoms with Crippen molar-refractivity contribution in [2.75, 3.05) is 45.4 Å². The van der Waals surface area contributed by atoms with Crippen molar-refractivity contribution in [3.63, 3.8) is 0 Å². The second-order valence-corrected chi connectivity index (χ2v) is 8.78. The van der Waals surface area contributed by atoms with Crippen molar-refractivity contribution in [3.05, 3.63) is 0 Å². The molecule has 1 rings (SSSR count). The number of carbonyl (C=O) groups is 5. The lowest BCUT2D eigenvalue weighted by Crippen LogP contribution is -2.63. The van der Waals surface area contributed by atoms with E-state index in [0.29, 0.717) is 19.0 Å². The molecular formula is C22H34O13S. The zero-order chi connectivity index (χ0) is 27.1. The second-order valence-electron chi connectivity index (χ2n) is 7.50. The predicted molar refractivity (Wildman–Crippen MR) is 123 cm³/mol. The third kappa shape index (κ3) is 13.2. The van der Waals surface area contributed by atoms with Gasteiger partial charge in [-0.3, -0.25) is 24.0 Å². The number of thioether (sulfide) groups is 1. The van der Waals surface area contributed by atoms with Gasteiger partial charge in [-0.25, -0.2) is 0 Å². The Balaban J connectivity index is 2.79. The first-order valence-electron chi connectivity index (χ1n) is 11.2. The van der Waals surface area contributed by atoms with Crippen molar-refractivity contribution >= 4 is 40.8 Å². The molecule has 0 bridgehead atoms. The first-order chi connectivity index (χ1) is 17.0. The van der Waals surface area contributed by atoms with Gasteiger partial charge in [0.05, 0.1) is 33.0 Å². The molecule has 36 heavy (non-hydrogen) atoms. The van der Waals surface area contributed by atoms with E-state index < -0.39 is 54.6 Å². The zero-order valence-corrected chi connectivity index (χ0v) is 21.9. The van der Waals surface area contributed by atoms with E-state index in [2.05, 4.69) is 0 Å². The third-order valence-corrected chi connectivity index (χ3v) is 5.14. The molecule has 0 radical (unpaired) electrons. The van der Waals surface area contributed by atoms with Gasteiger partial charge in [-0.05, 0) is 0 Å². The van der Waals surface area contributed by atoms with Crippen LogP contribution in [-0.2, 0) is 61.9 Å². The van der Waals surface area contributed by atoms with Crippen molar-refractivity contribution in [1.82, 2.24) is 0 Å². The lowest BCUT2D eigenvalue weighted by Gasteiger charge is -2.44. The molecule has 0 aromatic carbocycles. The summed E-state index contributed by atoms with van der Waals surface area (Å²) in [5.41, 5.74) is 0. The average Bonchev–Trinajstić information content (AvgIpc) is 2.76. The molecule has 0 saturated carbocycles. The molecule has 0 spiro atoms. The summed E-state index contributed by atoms with van der Waals surface area (Å²) in [6, 6.07) is 0. The number of esters is 4. The van der Waals surface area contributed by atoms with Crippen LogP contribution >= 0.6 is 11.8 Å². The van der Waals surface area contributed by atoms with E-state index in [1.165, 1.54) is 25.6 Å². The van der Waals surface area contributed by atoms with Crippen molar-refractivity contribution in [2.45, 2.75) is 65.3 Å². The van der Waals surface area contributed by atoms with E-state index in [1.54, 1.807) is 0 Å². The minimum atomic E-state index is -1.29. The largest absolute Gasteiger partial charge is 0.463 e. The summed E-state index contributed by atoms with van der Waals surface area (Å²) in [6.45, 7) is 6.87. The van der Waals surface area contributed by atoms with Crippen LogP contribution in [0.1, 0.15) is 34.6 Å². The van der Waals surface area contributed by atoms with Crippen LogP contribution in [0.25, 0.3) is 0 Å². The maximum absolute atomic E-state index is 11.8. The Bertz CT molecular complexity index is 743. The summed E-state index contributed by atoms with van der Waals surface area (Å²) >= 11 is 1.17. The van der Waals surface area contributed by atoms with E-state index in [0.717, 1.165) is 20.8 Å². The lowest BCUT2D eigenvalue weighted by atomic mass is 9.98. The molecule has 1 saturated heterocycles. The Morgan fingerprint density at radius 2 is 1.19 bits per heavy atom. The number of rotatable bonds is 15. The van der Waals surface area contributed by atoms with Crippen LogP contribution in [0.15, 0.2) is 0 Å². The van der Waals surface area contributed by atoms with Gasteiger partial charge in [-0.15, -0.1) is 0 Å². The van der Waals surface area contributed by atoms with Gasteiger partial charge in [0, 0.05) is 40.4 Å². The highest BCUT2D eigenvalue weighted by atomic mass is 32.2. The molecule has 0 aromatic rings. The molecule has 0 N–H and O–H groups in total. The molecule has 1 heterocycles. The van der Waals surface area contributed by atoms with Crippen LogP contribution in [-0.4, -0.2) is 105 Å². The molecule has 5 atom stereocenters. The minimum Gasteiger partial charge on any atom is -0.463 e. The van der Waals surface area contributed by atoms with Crippen LogP contribution < -0.4 is 0 Å².